The van der Waals surface area contributed by atoms with Crippen molar-refractivity contribution in [3.8, 4) is 44.5 Å². The first kappa shape index (κ1) is 81.7. The molecule has 0 unspecified atom stereocenters. The van der Waals surface area contributed by atoms with E-state index in [9.17, 15) is 0 Å². The van der Waals surface area contributed by atoms with Gasteiger partial charge in [0.1, 0.15) is 22.3 Å². The summed E-state index contributed by atoms with van der Waals surface area (Å²) in [6.45, 7) is 27.5. The van der Waals surface area contributed by atoms with Crippen LogP contribution >= 0.6 is 0 Å². The summed E-state index contributed by atoms with van der Waals surface area (Å²) in [5.41, 5.74) is 33.2. The lowest BCUT2D eigenvalue weighted by Gasteiger charge is -2.46. The third-order valence-corrected chi connectivity index (χ3v) is 33.4. The molecule has 3 aliphatic rings. The van der Waals surface area contributed by atoms with Gasteiger partial charge >= 0.3 is 0 Å². The molecule has 7 heteroatoms. The number of hydrogen-bond donors (Lipinski definition) is 0. The SMILES string of the molecule is CC(C)(C)c1ccc(N(c2ccc(C(C)(C)C)cc2)c2ccc3c(c2)N(c2c(-c4ccccc4)cc(C(C)(C)C)c4oc5ccccc5c24)c2cc(-c4cccc5c4-c4ccccc4C5(c4ccccc4)c4ccccc4)cc4c2B3c2cc([Si](c3ccccc3)(c3ccccc3)c3ccccc3)ccc2N4c2c(-c3ccccc3)cc(C(C)(C)C)c3oc4ccccc4c23)cc1. The molecule has 132 heavy (non-hydrogen) atoms. The number of para-hydroxylation sites is 2. The van der Waals surface area contributed by atoms with Crippen molar-refractivity contribution in [1.82, 2.24) is 0 Å². The van der Waals surface area contributed by atoms with Gasteiger partial charge in [-0.15, -0.1) is 0 Å². The van der Waals surface area contributed by atoms with Crippen LogP contribution in [0.25, 0.3) is 88.4 Å². The van der Waals surface area contributed by atoms with Gasteiger partial charge in [-0.05, 0) is 204 Å². The lowest BCUT2D eigenvalue weighted by atomic mass is 9.33. The topological polar surface area (TPSA) is 36.0 Å². The predicted octanol–water partition coefficient (Wildman–Crippen LogP) is 29.0. The Labute approximate surface area is 776 Å². The maximum Gasteiger partial charge on any atom is 0.252 e. The zero-order valence-corrected chi connectivity index (χ0v) is 78.0. The fourth-order valence-electron chi connectivity index (χ4n) is 22.5. The third kappa shape index (κ3) is 12.8. The summed E-state index contributed by atoms with van der Waals surface area (Å²) in [6, 6.07) is 158. The van der Waals surface area contributed by atoms with Gasteiger partial charge in [-0.2, -0.15) is 0 Å². The number of fused-ring (bicyclic) bond motifs is 13. The van der Waals surface area contributed by atoms with Gasteiger partial charge in [-0.1, -0.05) is 417 Å². The third-order valence-electron chi connectivity index (χ3n) is 28.6. The first-order chi connectivity index (χ1) is 64.0. The first-order valence-corrected chi connectivity index (χ1v) is 48.7. The van der Waals surface area contributed by atoms with Crippen molar-refractivity contribution >= 4 is 147 Å². The molecule has 1 aliphatic carbocycles. The normalized spacial score (nSPS) is 13.5. The fourth-order valence-corrected chi connectivity index (χ4v) is 27.3. The summed E-state index contributed by atoms with van der Waals surface area (Å²) >= 11 is 0. The first-order valence-electron chi connectivity index (χ1n) is 46.7. The summed E-state index contributed by atoms with van der Waals surface area (Å²) in [5, 5.41) is 9.34. The molecule has 638 valence electrons. The van der Waals surface area contributed by atoms with E-state index in [0.29, 0.717) is 0 Å². The molecule has 0 atom stereocenters. The van der Waals surface area contributed by atoms with E-state index < -0.39 is 25.6 Å². The van der Waals surface area contributed by atoms with Gasteiger partial charge in [-0.3, -0.25) is 0 Å². The molecule has 0 N–H and O–H groups in total. The summed E-state index contributed by atoms with van der Waals surface area (Å²) in [4.78, 5) is 8.01. The van der Waals surface area contributed by atoms with Crippen molar-refractivity contribution in [2.75, 3.05) is 14.7 Å². The Morgan fingerprint density at radius 1 is 0.288 bits per heavy atom. The van der Waals surface area contributed by atoms with Crippen LogP contribution in [0.3, 0.4) is 0 Å². The molecule has 18 aromatic carbocycles. The minimum absolute atomic E-state index is 0.0959. The minimum Gasteiger partial charge on any atom is -0.456 e. The highest BCUT2D eigenvalue weighted by atomic mass is 28.3. The quantitative estimate of drug-likeness (QED) is 0.0801. The van der Waals surface area contributed by atoms with Crippen LogP contribution in [-0.4, -0.2) is 14.8 Å². The summed E-state index contributed by atoms with van der Waals surface area (Å²) in [7, 11) is -3.37. The lowest BCUT2D eigenvalue weighted by Crippen LogP contribution is -2.75. The predicted molar refractivity (Wildman–Crippen MR) is 562 cm³/mol. The zero-order valence-electron chi connectivity index (χ0n) is 77.0. The molecule has 2 aromatic heterocycles. The van der Waals surface area contributed by atoms with Crippen LogP contribution in [0.2, 0.25) is 0 Å². The number of furan rings is 2. The average molecular weight is 1720 g/mol. The molecule has 0 saturated carbocycles. The van der Waals surface area contributed by atoms with Crippen LogP contribution in [0.4, 0.5) is 51.2 Å². The van der Waals surface area contributed by atoms with Gasteiger partial charge in [0.15, 0.2) is 8.07 Å². The molecule has 0 radical (unpaired) electrons. The molecular weight excluding hydrogens is 1610 g/mol. The molecule has 0 saturated heterocycles. The molecule has 2 aliphatic heterocycles. The van der Waals surface area contributed by atoms with Crippen LogP contribution in [0.15, 0.2) is 421 Å². The molecule has 0 bridgehead atoms. The highest BCUT2D eigenvalue weighted by Gasteiger charge is 2.52. The molecule has 0 fully saturated rings. The number of anilines is 9. The molecule has 0 spiro atoms. The molecule has 20 aromatic rings. The van der Waals surface area contributed by atoms with Crippen LogP contribution in [-0.2, 0) is 27.1 Å². The molecular formula is C125H104BN3O2Si. The Kier molecular flexibility index (Phi) is 19.2. The number of benzene rings is 18. The van der Waals surface area contributed by atoms with E-state index >= 15 is 0 Å². The summed E-state index contributed by atoms with van der Waals surface area (Å²) in [6.07, 6.45) is 0. The molecule has 5 nitrogen and oxygen atoms in total. The van der Waals surface area contributed by atoms with Gasteiger partial charge in [-0.25, -0.2) is 0 Å². The van der Waals surface area contributed by atoms with Crippen molar-refractivity contribution < 1.29 is 8.83 Å². The minimum atomic E-state index is -3.37. The number of nitrogens with zero attached hydrogens (tertiary/aromatic N) is 3. The summed E-state index contributed by atoms with van der Waals surface area (Å²) < 4.78 is 15.3. The Morgan fingerprint density at radius 2 is 0.689 bits per heavy atom. The second-order valence-corrected chi connectivity index (χ2v) is 44.4. The average Bonchev–Trinajstić information content (AvgIpc) is 1.31. The van der Waals surface area contributed by atoms with Crippen LogP contribution in [0, 0.1) is 0 Å². The van der Waals surface area contributed by atoms with Gasteiger partial charge in [0.05, 0.1) is 27.6 Å². The smallest absolute Gasteiger partial charge is 0.252 e. The number of rotatable bonds is 14. The Balaban J connectivity index is 0.949. The standard InChI is InChI=1S/C125H104BN3O2Si/c1-121(2,3)84-63-67-88(68-64-84)127(89-69-65-85(66-70-89)122(4,5)6)90-71-73-105-108(77-90)129(118-100(82-43-22-14-23-44-82)80-104(124(10,11)12)120-115(118)98-57-36-39-62-112(98)131-120)110-76-83(95-58-40-60-102-113(95)96-55-34-37-59-101(96)125(102,86-45-24-15-25-46-86)87-47-26-16-27-48-87)75-109-116(110)126(105)106-78-94(132(91-49-28-17-29-50-91,92-51-30-18-31-52-92)93-53-32-19-33-54-93)72-74-107(106)128(109)117-99(81-41-20-13-21-42-81)79-103(123(7,8)9)119-114(117)97-56-35-38-61-111(97)130-119/h13-80H,1-12H3. The monoisotopic (exact) mass is 1720 g/mol. The van der Waals surface area contributed by atoms with Gasteiger partial charge < -0.3 is 23.5 Å². The van der Waals surface area contributed by atoms with Crippen molar-refractivity contribution in [3.63, 3.8) is 0 Å². The van der Waals surface area contributed by atoms with Gasteiger partial charge in [0.25, 0.3) is 6.71 Å². The van der Waals surface area contributed by atoms with E-state index in [2.05, 4.69) is 510 Å². The van der Waals surface area contributed by atoms with Gasteiger partial charge in [0.2, 0.25) is 0 Å². The lowest BCUT2D eigenvalue weighted by molar-refractivity contribution is 0.572. The van der Waals surface area contributed by atoms with Crippen LogP contribution in [0.1, 0.15) is 128 Å². The number of hydrogen-bond acceptors (Lipinski definition) is 5. The molecule has 4 heterocycles. The van der Waals surface area contributed by atoms with E-state index in [4.69, 9.17) is 8.83 Å². The molecule has 0 amide bonds. The van der Waals surface area contributed by atoms with Crippen molar-refractivity contribution in [3.05, 3.63) is 457 Å². The molecule has 23 rings (SSSR count). The Morgan fingerprint density at radius 3 is 1.15 bits per heavy atom. The van der Waals surface area contributed by atoms with E-state index in [1.54, 1.807) is 0 Å². The van der Waals surface area contributed by atoms with Crippen molar-refractivity contribution in [1.29, 1.82) is 0 Å². The highest BCUT2D eigenvalue weighted by molar-refractivity contribution is 7.20. The zero-order chi connectivity index (χ0) is 89.9. The Hall–Kier alpha value is -14.8. The Bertz CT molecular complexity index is 7700. The highest BCUT2D eigenvalue weighted by Crippen LogP contribution is 2.62. The largest absolute Gasteiger partial charge is 0.456 e. The second kappa shape index (κ2) is 31.0. The van der Waals surface area contributed by atoms with E-state index in [1.165, 1.54) is 70.7 Å². The van der Waals surface area contributed by atoms with E-state index in [0.717, 1.165) is 150 Å². The van der Waals surface area contributed by atoms with Crippen LogP contribution < -0.4 is 51.8 Å². The summed E-state index contributed by atoms with van der Waals surface area (Å²) in [5.74, 6) is 0. The van der Waals surface area contributed by atoms with Crippen molar-refractivity contribution in [2.45, 2.75) is 110 Å². The van der Waals surface area contributed by atoms with E-state index in [-0.39, 0.29) is 16.2 Å². The van der Waals surface area contributed by atoms with Crippen molar-refractivity contribution in [2.24, 2.45) is 0 Å². The van der Waals surface area contributed by atoms with E-state index in [1.807, 2.05) is 0 Å². The van der Waals surface area contributed by atoms with Gasteiger partial charge in [0, 0.05) is 72.8 Å². The maximum atomic E-state index is 7.68. The second-order valence-electron chi connectivity index (χ2n) is 40.6. The fraction of sp³-hybridized carbons (Fsp3) is 0.136. The van der Waals surface area contributed by atoms with Crippen LogP contribution in [0.5, 0.6) is 0 Å². The maximum absolute atomic E-state index is 7.68.